The van der Waals surface area contributed by atoms with Crippen molar-refractivity contribution < 1.29 is 4.39 Å². The van der Waals surface area contributed by atoms with Gasteiger partial charge >= 0.3 is 0 Å². The first-order valence-electron chi connectivity index (χ1n) is 7.37. The zero-order valence-electron chi connectivity index (χ0n) is 12.2. The van der Waals surface area contributed by atoms with Gasteiger partial charge in [-0.05, 0) is 78.0 Å². The standard InChI is InChI=1S/C17H21BrFNS/c1-2-9-20-12-13(11-15-7-8-17(18)21-15)10-14-5-3-4-6-16(14)19/h3-8,13,20H,2,9-12H2,1H3. The molecule has 1 unspecified atom stereocenters. The molecule has 4 heteroatoms. The Morgan fingerprint density at radius 2 is 2.00 bits per heavy atom. The Labute approximate surface area is 138 Å². The molecule has 0 saturated heterocycles. The summed E-state index contributed by atoms with van der Waals surface area (Å²) in [6.07, 6.45) is 2.89. The minimum atomic E-state index is -0.0923. The van der Waals surface area contributed by atoms with Crippen LogP contribution in [0, 0.1) is 11.7 Å². The molecule has 2 rings (SSSR count). The predicted octanol–water partition coefficient (Wildman–Crippen LogP) is 5.05. The summed E-state index contributed by atoms with van der Waals surface area (Å²) in [5.74, 6) is 0.323. The zero-order valence-corrected chi connectivity index (χ0v) is 14.6. The number of nitrogens with one attached hydrogen (secondary N) is 1. The van der Waals surface area contributed by atoms with E-state index in [1.165, 1.54) is 4.88 Å². The van der Waals surface area contributed by atoms with Crippen molar-refractivity contribution >= 4 is 27.3 Å². The van der Waals surface area contributed by atoms with Crippen LogP contribution < -0.4 is 5.32 Å². The van der Waals surface area contributed by atoms with Gasteiger partial charge in [0.1, 0.15) is 5.82 Å². The second-order valence-corrected chi connectivity index (χ2v) is 7.82. The first kappa shape index (κ1) is 16.7. The molecule has 0 radical (unpaired) electrons. The Hall–Kier alpha value is -0.710. The van der Waals surface area contributed by atoms with Crippen molar-refractivity contribution in [2.24, 2.45) is 5.92 Å². The van der Waals surface area contributed by atoms with E-state index < -0.39 is 0 Å². The van der Waals surface area contributed by atoms with Gasteiger partial charge in [-0.3, -0.25) is 0 Å². The number of hydrogen-bond donors (Lipinski definition) is 1. The van der Waals surface area contributed by atoms with Crippen molar-refractivity contribution in [3.05, 3.63) is 56.4 Å². The summed E-state index contributed by atoms with van der Waals surface area (Å²) < 4.78 is 15.0. The third-order valence-electron chi connectivity index (χ3n) is 3.44. The van der Waals surface area contributed by atoms with Gasteiger partial charge in [-0.15, -0.1) is 11.3 Å². The second kappa shape index (κ2) is 8.66. The van der Waals surface area contributed by atoms with Gasteiger partial charge in [-0.25, -0.2) is 4.39 Å². The van der Waals surface area contributed by atoms with E-state index in [0.717, 1.165) is 41.7 Å². The van der Waals surface area contributed by atoms with Crippen LogP contribution >= 0.6 is 27.3 Å². The maximum absolute atomic E-state index is 13.9. The first-order chi connectivity index (χ1) is 10.2. The molecule has 114 valence electrons. The Morgan fingerprint density at radius 3 is 2.67 bits per heavy atom. The van der Waals surface area contributed by atoms with Crippen molar-refractivity contribution in [3.63, 3.8) is 0 Å². The molecular weight excluding hydrogens is 349 g/mol. The normalized spacial score (nSPS) is 12.5. The molecule has 2 aromatic rings. The summed E-state index contributed by atoms with van der Waals surface area (Å²) in [4.78, 5) is 1.35. The van der Waals surface area contributed by atoms with Crippen LogP contribution in [0.15, 0.2) is 40.2 Å². The van der Waals surface area contributed by atoms with Gasteiger partial charge in [0.05, 0.1) is 3.79 Å². The van der Waals surface area contributed by atoms with Crippen LogP contribution in [-0.4, -0.2) is 13.1 Å². The van der Waals surface area contributed by atoms with Crippen molar-refractivity contribution in [2.75, 3.05) is 13.1 Å². The number of rotatable bonds is 8. The van der Waals surface area contributed by atoms with Crippen molar-refractivity contribution in [1.29, 1.82) is 0 Å². The number of hydrogen-bond acceptors (Lipinski definition) is 2. The highest BCUT2D eigenvalue weighted by Gasteiger charge is 2.14. The summed E-state index contributed by atoms with van der Waals surface area (Å²) in [6.45, 7) is 4.11. The van der Waals surface area contributed by atoms with E-state index >= 15 is 0 Å². The number of benzene rings is 1. The highest BCUT2D eigenvalue weighted by atomic mass is 79.9. The van der Waals surface area contributed by atoms with Crippen LogP contribution in [0.1, 0.15) is 23.8 Å². The lowest BCUT2D eigenvalue weighted by Gasteiger charge is -2.17. The second-order valence-electron chi connectivity index (χ2n) is 5.28. The third kappa shape index (κ3) is 5.53. The molecular formula is C17H21BrFNS. The Morgan fingerprint density at radius 1 is 1.19 bits per heavy atom. The van der Waals surface area contributed by atoms with Crippen LogP contribution in [0.4, 0.5) is 4.39 Å². The molecule has 21 heavy (non-hydrogen) atoms. The molecule has 0 spiro atoms. The van der Waals surface area contributed by atoms with E-state index in [1.807, 2.05) is 12.1 Å². The molecule has 0 aliphatic carbocycles. The lowest BCUT2D eigenvalue weighted by Crippen LogP contribution is -2.26. The highest BCUT2D eigenvalue weighted by Crippen LogP contribution is 2.25. The fraction of sp³-hybridized carbons (Fsp3) is 0.412. The largest absolute Gasteiger partial charge is 0.316 e. The monoisotopic (exact) mass is 369 g/mol. The molecule has 0 bridgehead atoms. The van der Waals surface area contributed by atoms with Crippen LogP contribution in [0.2, 0.25) is 0 Å². The van der Waals surface area contributed by atoms with Crippen molar-refractivity contribution in [3.8, 4) is 0 Å². The highest BCUT2D eigenvalue weighted by molar-refractivity contribution is 9.11. The molecule has 0 amide bonds. The molecule has 1 N–H and O–H groups in total. The summed E-state index contributed by atoms with van der Waals surface area (Å²) in [5.41, 5.74) is 0.816. The maximum atomic E-state index is 13.9. The maximum Gasteiger partial charge on any atom is 0.126 e. The third-order valence-corrected chi connectivity index (χ3v) is 5.09. The quantitative estimate of drug-likeness (QED) is 0.641. The van der Waals surface area contributed by atoms with E-state index in [-0.39, 0.29) is 5.82 Å². The smallest absolute Gasteiger partial charge is 0.126 e. The summed E-state index contributed by atoms with van der Waals surface area (Å²) in [6, 6.07) is 11.3. The number of thiophene rings is 1. The Kier molecular flexibility index (Phi) is 6.87. The SMILES string of the molecule is CCCNCC(Cc1ccc(Br)s1)Cc1ccccc1F. The van der Waals surface area contributed by atoms with Gasteiger partial charge < -0.3 is 5.32 Å². The molecule has 0 saturated carbocycles. The predicted molar refractivity (Wildman–Crippen MR) is 92.5 cm³/mol. The van der Waals surface area contributed by atoms with E-state index in [2.05, 4.69) is 40.3 Å². The molecule has 0 aliphatic heterocycles. The van der Waals surface area contributed by atoms with E-state index in [1.54, 1.807) is 23.5 Å². The lowest BCUT2D eigenvalue weighted by molar-refractivity contribution is 0.463. The topological polar surface area (TPSA) is 12.0 Å². The van der Waals surface area contributed by atoms with E-state index in [0.29, 0.717) is 5.92 Å². The zero-order chi connectivity index (χ0) is 15.1. The summed E-state index contributed by atoms with van der Waals surface area (Å²) in [7, 11) is 0. The average molecular weight is 370 g/mol. The Balaban J connectivity index is 2.02. The molecule has 1 heterocycles. The van der Waals surface area contributed by atoms with Crippen LogP contribution in [0.5, 0.6) is 0 Å². The fourth-order valence-corrected chi connectivity index (χ4v) is 4.02. The lowest BCUT2D eigenvalue weighted by atomic mass is 9.95. The van der Waals surface area contributed by atoms with Gasteiger partial charge in [0.25, 0.3) is 0 Å². The minimum Gasteiger partial charge on any atom is -0.316 e. The van der Waals surface area contributed by atoms with E-state index in [9.17, 15) is 4.39 Å². The fourth-order valence-electron chi connectivity index (χ4n) is 2.42. The van der Waals surface area contributed by atoms with Gasteiger partial charge in [-0.2, -0.15) is 0 Å². The van der Waals surface area contributed by atoms with E-state index in [4.69, 9.17) is 0 Å². The van der Waals surface area contributed by atoms with Crippen LogP contribution in [-0.2, 0) is 12.8 Å². The van der Waals surface area contributed by atoms with Crippen LogP contribution in [0.25, 0.3) is 0 Å². The first-order valence-corrected chi connectivity index (χ1v) is 8.98. The molecule has 1 aromatic heterocycles. The average Bonchev–Trinajstić information content (AvgIpc) is 2.87. The molecule has 0 fully saturated rings. The van der Waals surface area contributed by atoms with Gasteiger partial charge in [0.2, 0.25) is 0 Å². The number of halogens is 2. The molecule has 1 aromatic carbocycles. The molecule has 0 aliphatic rings. The van der Waals surface area contributed by atoms with Gasteiger partial charge in [-0.1, -0.05) is 25.1 Å². The van der Waals surface area contributed by atoms with Gasteiger partial charge in [0.15, 0.2) is 0 Å². The minimum absolute atomic E-state index is 0.0923. The summed E-state index contributed by atoms with van der Waals surface area (Å²) in [5, 5.41) is 3.47. The molecule has 1 atom stereocenters. The molecule has 1 nitrogen and oxygen atoms in total. The Bertz CT molecular complexity index is 555. The van der Waals surface area contributed by atoms with Crippen molar-refractivity contribution in [2.45, 2.75) is 26.2 Å². The summed E-state index contributed by atoms with van der Waals surface area (Å²) >= 11 is 5.27. The van der Waals surface area contributed by atoms with Gasteiger partial charge in [0, 0.05) is 4.88 Å². The van der Waals surface area contributed by atoms with Crippen LogP contribution in [0.3, 0.4) is 0 Å². The van der Waals surface area contributed by atoms with Crippen molar-refractivity contribution in [1.82, 2.24) is 5.32 Å².